The van der Waals surface area contributed by atoms with E-state index in [2.05, 4.69) is 62.5 Å². The van der Waals surface area contributed by atoms with Crippen molar-refractivity contribution in [3.8, 4) is 11.4 Å². The lowest BCUT2D eigenvalue weighted by Gasteiger charge is -2.21. The summed E-state index contributed by atoms with van der Waals surface area (Å²) in [7, 11) is 2.06. The van der Waals surface area contributed by atoms with Crippen LogP contribution in [0.15, 0.2) is 50.8 Å². The Morgan fingerprint density at radius 2 is 2.18 bits per heavy atom. The van der Waals surface area contributed by atoms with E-state index in [-0.39, 0.29) is 0 Å². The number of hydrogen-bond donors (Lipinski definition) is 0. The normalized spacial score (nSPS) is 12.7. The van der Waals surface area contributed by atoms with E-state index in [9.17, 15) is 0 Å². The molecule has 3 rings (SSSR count). The molecule has 1 atom stereocenters. The maximum atomic E-state index is 5.38. The Kier molecular flexibility index (Phi) is 4.71. The van der Waals surface area contributed by atoms with Gasteiger partial charge in [-0.1, -0.05) is 39.3 Å². The number of rotatable bonds is 5. The molecule has 2 aromatic heterocycles. The largest absolute Gasteiger partial charge is 0.338 e. The van der Waals surface area contributed by atoms with E-state index in [1.807, 2.05) is 24.3 Å². The highest BCUT2D eigenvalue weighted by molar-refractivity contribution is 9.10. The molecule has 6 heteroatoms. The van der Waals surface area contributed by atoms with Gasteiger partial charge >= 0.3 is 0 Å². The molecule has 0 saturated heterocycles. The second-order valence-corrected chi connectivity index (χ2v) is 7.02. The summed E-state index contributed by atoms with van der Waals surface area (Å²) < 4.78 is 6.38. The fourth-order valence-corrected chi connectivity index (χ4v) is 3.41. The van der Waals surface area contributed by atoms with Gasteiger partial charge in [0.1, 0.15) is 0 Å². The van der Waals surface area contributed by atoms with Gasteiger partial charge in [0.05, 0.1) is 6.54 Å². The molecular weight excluding hydrogens is 362 g/mol. The Bertz CT molecular complexity index is 741. The van der Waals surface area contributed by atoms with Crippen LogP contribution in [0.1, 0.15) is 23.7 Å². The fourth-order valence-electron chi connectivity index (χ4n) is 2.16. The molecule has 0 aliphatic carbocycles. The van der Waals surface area contributed by atoms with Crippen LogP contribution in [0.25, 0.3) is 11.4 Å². The van der Waals surface area contributed by atoms with Gasteiger partial charge in [-0.05, 0) is 37.6 Å². The lowest BCUT2D eigenvalue weighted by atomic mass is 10.2. The topological polar surface area (TPSA) is 42.2 Å². The van der Waals surface area contributed by atoms with E-state index < -0.39 is 0 Å². The first-order chi connectivity index (χ1) is 10.6. The van der Waals surface area contributed by atoms with Crippen molar-refractivity contribution >= 4 is 27.3 Å². The lowest BCUT2D eigenvalue weighted by Crippen LogP contribution is -2.21. The highest BCUT2D eigenvalue weighted by atomic mass is 79.9. The van der Waals surface area contributed by atoms with Crippen molar-refractivity contribution in [2.45, 2.75) is 19.5 Å². The Hall–Kier alpha value is -1.50. The molecule has 0 unspecified atom stereocenters. The summed E-state index contributed by atoms with van der Waals surface area (Å²) in [6, 6.07) is 12.4. The number of hydrogen-bond acceptors (Lipinski definition) is 5. The highest BCUT2D eigenvalue weighted by Crippen LogP contribution is 2.25. The molecule has 0 bridgehead atoms. The quantitative estimate of drug-likeness (QED) is 0.642. The number of benzene rings is 1. The van der Waals surface area contributed by atoms with Crippen LogP contribution in [0.5, 0.6) is 0 Å². The monoisotopic (exact) mass is 377 g/mol. The van der Waals surface area contributed by atoms with E-state index in [0.717, 1.165) is 10.0 Å². The average molecular weight is 378 g/mol. The lowest BCUT2D eigenvalue weighted by molar-refractivity contribution is 0.219. The van der Waals surface area contributed by atoms with E-state index in [4.69, 9.17) is 4.52 Å². The smallest absolute Gasteiger partial charge is 0.241 e. The first kappa shape index (κ1) is 15.4. The summed E-state index contributed by atoms with van der Waals surface area (Å²) in [5.41, 5.74) is 0.943. The SMILES string of the molecule is C[C@H](c1cccs1)N(C)Cc1nc(-c2cccc(Br)c2)no1. The van der Waals surface area contributed by atoms with Crippen molar-refractivity contribution in [3.63, 3.8) is 0 Å². The maximum Gasteiger partial charge on any atom is 0.241 e. The van der Waals surface area contributed by atoms with Crippen LogP contribution in [-0.2, 0) is 6.54 Å². The molecule has 0 saturated carbocycles. The first-order valence-electron chi connectivity index (χ1n) is 6.95. The molecule has 0 N–H and O–H groups in total. The predicted molar refractivity (Wildman–Crippen MR) is 91.6 cm³/mol. The zero-order valence-corrected chi connectivity index (χ0v) is 14.8. The van der Waals surface area contributed by atoms with Gasteiger partial charge in [-0.15, -0.1) is 11.3 Å². The number of nitrogens with zero attached hydrogens (tertiary/aromatic N) is 3. The van der Waals surface area contributed by atoms with Crippen molar-refractivity contribution in [2.75, 3.05) is 7.05 Å². The summed E-state index contributed by atoms with van der Waals surface area (Å²) >= 11 is 5.21. The van der Waals surface area contributed by atoms with Crippen LogP contribution in [0.3, 0.4) is 0 Å². The molecule has 2 heterocycles. The molecule has 4 nitrogen and oxygen atoms in total. The van der Waals surface area contributed by atoms with Crippen LogP contribution in [0, 0.1) is 0 Å². The molecule has 0 fully saturated rings. The summed E-state index contributed by atoms with van der Waals surface area (Å²) in [6.45, 7) is 2.80. The minimum absolute atomic E-state index is 0.321. The first-order valence-corrected chi connectivity index (χ1v) is 8.63. The van der Waals surface area contributed by atoms with Crippen molar-refractivity contribution in [3.05, 3.63) is 57.0 Å². The third-order valence-corrected chi connectivity index (χ3v) is 5.09. The standard InChI is InChI=1S/C16H16BrN3OS/c1-11(14-7-4-8-22-14)20(2)10-15-18-16(19-21-15)12-5-3-6-13(17)9-12/h3-9,11H,10H2,1-2H3/t11-/m1/s1. The van der Waals surface area contributed by atoms with Gasteiger partial charge in [-0.2, -0.15) is 4.98 Å². The molecule has 22 heavy (non-hydrogen) atoms. The molecule has 0 radical (unpaired) electrons. The minimum atomic E-state index is 0.321. The third-order valence-electron chi connectivity index (χ3n) is 3.55. The third kappa shape index (κ3) is 3.45. The predicted octanol–water partition coefficient (Wildman–Crippen LogP) is 4.75. The Balaban J connectivity index is 1.71. The van der Waals surface area contributed by atoms with E-state index in [1.165, 1.54) is 4.88 Å². The summed E-state index contributed by atoms with van der Waals surface area (Å²) in [4.78, 5) is 8.01. The average Bonchev–Trinajstić information content (AvgIpc) is 3.18. The Labute approximate surface area is 141 Å². The molecule has 0 amide bonds. The van der Waals surface area contributed by atoms with Gasteiger partial charge in [-0.3, -0.25) is 4.90 Å². The molecule has 3 aromatic rings. The molecule has 0 aliphatic rings. The van der Waals surface area contributed by atoms with Gasteiger partial charge in [0.25, 0.3) is 0 Å². The Morgan fingerprint density at radius 1 is 1.32 bits per heavy atom. The number of aromatic nitrogens is 2. The van der Waals surface area contributed by atoms with Crippen LogP contribution in [-0.4, -0.2) is 22.1 Å². The zero-order valence-electron chi connectivity index (χ0n) is 12.4. The van der Waals surface area contributed by atoms with Gasteiger partial charge in [0.15, 0.2) is 0 Å². The molecular formula is C16H16BrN3OS. The minimum Gasteiger partial charge on any atom is -0.338 e. The number of thiophene rings is 1. The molecule has 0 spiro atoms. The van der Waals surface area contributed by atoms with Crippen LogP contribution >= 0.6 is 27.3 Å². The summed E-state index contributed by atoms with van der Waals surface area (Å²) in [6.07, 6.45) is 0. The van der Waals surface area contributed by atoms with E-state index in [0.29, 0.717) is 24.3 Å². The van der Waals surface area contributed by atoms with Crippen molar-refractivity contribution in [1.29, 1.82) is 0 Å². The van der Waals surface area contributed by atoms with E-state index in [1.54, 1.807) is 11.3 Å². The summed E-state index contributed by atoms with van der Waals surface area (Å²) in [5.74, 6) is 1.24. The van der Waals surface area contributed by atoms with Gasteiger partial charge in [0.2, 0.25) is 11.7 Å². The maximum absolute atomic E-state index is 5.38. The Morgan fingerprint density at radius 3 is 2.91 bits per heavy atom. The van der Waals surface area contributed by atoms with E-state index >= 15 is 0 Å². The van der Waals surface area contributed by atoms with Gasteiger partial charge in [-0.25, -0.2) is 0 Å². The van der Waals surface area contributed by atoms with Crippen molar-refractivity contribution in [2.24, 2.45) is 0 Å². The number of halogens is 1. The molecule has 1 aromatic carbocycles. The second-order valence-electron chi connectivity index (χ2n) is 5.13. The van der Waals surface area contributed by atoms with Gasteiger partial charge < -0.3 is 4.52 Å². The van der Waals surface area contributed by atoms with Crippen molar-refractivity contribution in [1.82, 2.24) is 15.0 Å². The van der Waals surface area contributed by atoms with Crippen molar-refractivity contribution < 1.29 is 4.52 Å². The second kappa shape index (κ2) is 6.73. The van der Waals surface area contributed by atoms with Crippen LogP contribution in [0.2, 0.25) is 0 Å². The fraction of sp³-hybridized carbons (Fsp3) is 0.250. The highest BCUT2D eigenvalue weighted by Gasteiger charge is 2.16. The molecule has 114 valence electrons. The molecule has 0 aliphatic heterocycles. The van der Waals surface area contributed by atoms with Crippen LogP contribution in [0.4, 0.5) is 0 Å². The van der Waals surface area contributed by atoms with Gasteiger partial charge in [0, 0.05) is 21.0 Å². The summed E-state index contributed by atoms with van der Waals surface area (Å²) in [5, 5.41) is 6.17. The van der Waals surface area contributed by atoms with Crippen LogP contribution < -0.4 is 0 Å². The zero-order chi connectivity index (χ0) is 15.5.